The minimum absolute atomic E-state index is 0.274. The number of rotatable bonds is 2. The fourth-order valence-electron chi connectivity index (χ4n) is 1.27. The lowest BCUT2D eigenvalue weighted by Gasteiger charge is -2.23. The molecular formula is C10H13NOS. The van der Waals surface area contributed by atoms with Crippen molar-refractivity contribution in [3.05, 3.63) is 30.3 Å². The molecule has 1 heterocycles. The molecule has 0 amide bonds. The smallest absolute Gasteiger partial charge is 0.156 e. The van der Waals surface area contributed by atoms with Crippen LogP contribution in [0.3, 0.4) is 0 Å². The molecule has 1 fully saturated rings. The first kappa shape index (κ1) is 8.91. The van der Waals surface area contributed by atoms with Gasteiger partial charge in [0, 0.05) is 18.8 Å². The Kier molecular flexibility index (Phi) is 3.11. The lowest BCUT2D eigenvalue weighted by molar-refractivity contribution is 0.278. The zero-order chi connectivity index (χ0) is 8.93. The minimum atomic E-state index is 0.274. The van der Waals surface area contributed by atoms with E-state index in [0.717, 1.165) is 24.6 Å². The van der Waals surface area contributed by atoms with Crippen molar-refractivity contribution in [3.63, 3.8) is 0 Å². The van der Waals surface area contributed by atoms with E-state index in [1.54, 1.807) is 0 Å². The van der Waals surface area contributed by atoms with Crippen molar-refractivity contribution in [1.82, 2.24) is 5.32 Å². The summed E-state index contributed by atoms with van der Waals surface area (Å²) in [6.07, 6.45) is 0. The van der Waals surface area contributed by atoms with Crippen LogP contribution in [0.5, 0.6) is 5.75 Å². The number of thioether (sulfide) groups is 1. The summed E-state index contributed by atoms with van der Waals surface area (Å²) in [5.74, 6) is 2.10. The van der Waals surface area contributed by atoms with Crippen LogP contribution in [-0.4, -0.2) is 24.3 Å². The number of hydrogen-bond donors (Lipinski definition) is 1. The molecular weight excluding hydrogens is 182 g/mol. The molecule has 2 rings (SSSR count). The summed E-state index contributed by atoms with van der Waals surface area (Å²) in [5, 5.41) is 3.31. The molecule has 0 aliphatic carbocycles. The van der Waals surface area contributed by atoms with Crippen LogP contribution in [0, 0.1) is 0 Å². The van der Waals surface area contributed by atoms with Gasteiger partial charge in [0.25, 0.3) is 0 Å². The molecule has 2 nitrogen and oxygen atoms in total. The van der Waals surface area contributed by atoms with Gasteiger partial charge in [0.2, 0.25) is 0 Å². The van der Waals surface area contributed by atoms with Crippen LogP contribution in [0.15, 0.2) is 30.3 Å². The average molecular weight is 195 g/mol. The van der Waals surface area contributed by atoms with Crippen molar-refractivity contribution in [1.29, 1.82) is 0 Å². The Hall–Kier alpha value is -0.670. The first-order chi connectivity index (χ1) is 6.45. The molecule has 13 heavy (non-hydrogen) atoms. The first-order valence-electron chi connectivity index (χ1n) is 4.49. The van der Waals surface area contributed by atoms with Gasteiger partial charge < -0.3 is 10.1 Å². The van der Waals surface area contributed by atoms with Crippen molar-refractivity contribution in [3.8, 4) is 5.75 Å². The Bertz CT molecular complexity index is 246. The van der Waals surface area contributed by atoms with E-state index in [9.17, 15) is 0 Å². The van der Waals surface area contributed by atoms with Crippen molar-refractivity contribution in [2.24, 2.45) is 0 Å². The third-order valence-corrected chi connectivity index (χ3v) is 2.98. The van der Waals surface area contributed by atoms with Crippen LogP contribution in [0.4, 0.5) is 0 Å². The van der Waals surface area contributed by atoms with Gasteiger partial charge in [0.15, 0.2) is 5.44 Å². The minimum Gasteiger partial charge on any atom is -0.478 e. The van der Waals surface area contributed by atoms with Crippen molar-refractivity contribution < 1.29 is 4.74 Å². The molecule has 1 N–H and O–H groups in total. The third kappa shape index (κ3) is 2.64. The quantitative estimate of drug-likeness (QED) is 0.776. The Morgan fingerprint density at radius 2 is 2.15 bits per heavy atom. The molecule has 1 atom stereocenters. The van der Waals surface area contributed by atoms with E-state index in [-0.39, 0.29) is 5.44 Å². The van der Waals surface area contributed by atoms with Crippen LogP contribution >= 0.6 is 11.8 Å². The van der Waals surface area contributed by atoms with Crippen LogP contribution in [0.1, 0.15) is 0 Å². The van der Waals surface area contributed by atoms with Gasteiger partial charge in [-0.05, 0) is 12.1 Å². The standard InChI is InChI=1S/C10H13NOS/c1-2-4-9(5-3-1)12-10-8-11-6-7-13-10/h1-5,10-11H,6-8H2. The summed E-state index contributed by atoms with van der Waals surface area (Å²) in [4.78, 5) is 0. The lowest BCUT2D eigenvalue weighted by Crippen LogP contribution is -2.35. The molecule has 1 aromatic carbocycles. The summed E-state index contributed by atoms with van der Waals surface area (Å²) < 4.78 is 5.76. The van der Waals surface area contributed by atoms with Gasteiger partial charge in [-0.1, -0.05) is 18.2 Å². The third-order valence-electron chi connectivity index (χ3n) is 1.90. The Labute approximate surface area is 82.7 Å². The Morgan fingerprint density at radius 3 is 2.85 bits per heavy atom. The number of para-hydroxylation sites is 1. The lowest BCUT2D eigenvalue weighted by atomic mass is 10.3. The van der Waals surface area contributed by atoms with E-state index < -0.39 is 0 Å². The van der Waals surface area contributed by atoms with E-state index in [2.05, 4.69) is 5.32 Å². The monoisotopic (exact) mass is 195 g/mol. The number of nitrogens with one attached hydrogen (secondary N) is 1. The topological polar surface area (TPSA) is 21.3 Å². The predicted molar refractivity (Wildman–Crippen MR) is 56.2 cm³/mol. The van der Waals surface area contributed by atoms with Gasteiger partial charge in [-0.3, -0.25) is 0 Å². The largest absolute Gasteiger partial charge is 0.478 e. The Balaban J connectivity index is 1.90. The van der Waals surface area contributed by atoms with Crippen molar-refractivity contribution >= 4 is 11.8 Å². The second-order valence-corrected chi connectivity index (χ2v) is 4.20. The van der Waals surface area contributed by atoms with Gasteiger partial charge in [0.1, 0.15) is 5.75 Å². The molecule has 1 unspecified atom stereocenters. The maximum absolute atomic E-state index is 5.76. The summed E-state index contributed by atoms with van der Waals surface area (Å²) >= 11 is 1.87. The zero-order valence-electron chi connectivity index (χ0n) is 7.40. The zero-order valence-corrected chi connectivity index (χ0v) is 8.22. The molecule has 0 spiro atoms. The fraction of sp³-hybridized carbons (Fsp3) is 0.400. The normalized spacial score (nSPS) is 22.6. The molecule has 1 aromatic rings. The molecule has 3 heteroatoms. The van der Waals surface area contributed by atoms with Gasteiger partial charge in [-0.25, -0.2) is 0 Å². The van der Waals surface area contributed by atoms with Crippen LogP contribution in [-0.2, 0) is 0 Å². The molecule has 1 aliphatic heterocycles. The fourth-order valence-corrected chi connectivity index (χ4v) is 2.21. The molecule has 1 aliphatic rings. The molecule has 0 saturated carbocycles. The average Bonchev–Trinajstić information content (AvgIpc) is 2.21. The second kappa shape index (κ2) is 4.53. The Morgan fingerprint density at radius 1 is 1.31 bits per heavy atom. The van der Waals surface area contributed by atoms with Gasteiger partial charge in [0.05, 0.1) is 0 Å². The molecule has 0 bridgehead atoms. The molecule has 0 aromatic heterocycles. The van der Waals surface area contributed by atoms with Crippen LogP contribution < -0.4 is 10.1 Å². The van der Waals surface area contributed by atoms with Crippen LogP contribution in [0.2, 0.25) is 0 Å². The molecule has 0 radical (unpaired) electrons. The predicted octanol–water partition coefficient (Wildman–Crippen LogP) is 1.73. The van der Waals surface area contributed by atoms with Gasteiger partial charge >= 0.3 is 0 Å². The van der Waals surface area contributed by atoms with Crippen molar-refractivity contribution in [2.75, 3.05) is 18.8 Å². The first-order valence-corrected chi connectivity index (χ1v) is 5.54. The van der Waals surface area contributed by atoms with Crippen molar-refractivity contribution in [2.45, 2.75) is 5.44 Å². The highest BCUT2D eigenvalue weighted by molar-refractivity contribution is 7.99. The summed E-state index contributed by atoms with van der Waals surface area (Å²) in [7, 11) is 0. The molecule has 1 saturated heterocycles. The number of hydrogen-bond acceptors (Lipinski definition) is 3. The summed E-state index contributed by atoms with van der Waals surface area (Å²) in [6, 6.07) is 9.98. The van der Waals surface area contributed by atoms with E-state index in [4.69, 9.17) is 4.74 Å². The summed E-state index contributed by atoms with van der Waals surface area (Å²) in [5.41, 5.74) is 0.274. The number of ether oxygens (including phenoxy) is 1. The SMILES string of the molecule is c1ccc(OC2CNCCS2)cc1. The maximum atomic E-state index is 5.76. The second-order valence-electron chi connectivity index (χ2n) is 2.94. The maximum Gasteiger partial charge on any atom is 0.156 e. The van der Waals surface area contributed by atoms with Gasteiger partial charge in [-0.2, -0.15) is 0 Å². The van der Waals surface area contributed by atoms with E-state index in [0.29, 0.717) is 0 Å². The highest BCUT2D eigenvalue weighted by atomic mass is 32.2. The van der Waals surface area contributed by atoms with Gasteiger partial charge in [-0.15, -0.1) is 11.8 Å². The summed E-state index contributed by atoms with van der Waals surface area (Å²) in [6.45, 7) is 2.04. The molecule has 70 valence electrons. The van der Waals surface area contributed by atoms with Crippen LogP contribution in [0.25, 0.3) is 0 Å². The highest BCUT2D eigenvalue weighted by Crippen LogP contribution is 2.19. The van der Waals surface area contributed by atoms with E-state index in [1.807, 2.05) is 42.1 Å². The highest BCUT2D eigenvalue weighted by Gasteiger charge is 2.14. The van der Waals surface area contributed by atoms with E-state index in [1.165, 1.54) is 0 Å². The number of benzene rings is 1. The van der Waals surface area contributed by atoms with E-state index >= 15 is 0 Å².